The number of hydrogen-bond acceptors (Lipinski definition) is 6. The molecular formula is C19H24N6. The van der Waals surface area contributed by atoms with Crippen molar-refractivity contribution in [3.8, 4) is 6.07 Å². The third kappa shape index (κ3) is 4.18. The highest BCUT2D eigenvalue weighted by atomic mass is 15.2. The maximum absolute atomic E-state index is 9.29. The summed E-state index contributed by atoms with van der Waals surface area (Å²) in [5.41, 5.74) is 1.71. The Balaban J connectivity index is 1.63. The molecule has 3 rings (SSSR count). The van der Waals surface area contributed by atoms with Gasteiger partial charge in [0.05, 0.1) is 17.4 Å². The molecule has 0 unspecified atom stereocenters. The highest BCUT2D eigenvalue weighted by molar-refractivity contribution is 5.54. The molecule has 0 aromatic carbocycles. The van der Waals surface area contributed by atoms with Crippen LogP contribution in [0.1, 0.15) is 24.8 Å². The molecule has 0 bridgehead atoms. The van der Waals surface area contributed by atoms with Crippen LogP contribution in [0.2, 0.25) is 0 Å². The van der Waals surface area contributed by atoms with E-state index in [1.54, 1.807) is 6.20 Å². The van der Waals surface area contributed by atoms with Gasteiger partial charge in [0.1, 0.15) is 17.7 Å². The number of nitrogens with zero attached hydrogens (tertiary/aromatic N) is 5. The van der Waals surface area contributed by atoms with Gasteiger partial charge in [-0.15, -0.1) is 0 Å². The minimum Gasteiger partial charge on any atom is -0.381 e. The highest BCUT2D eigenvalue weighted by Gasteiger charge is 2.19. The lowest BCUT2D eigenvalue weighted by molar-refractivity contribution is 0.639. The van der Waals surface area contributed by atoms with Gasteiger partial charge in [-0.25, -0.2) is 9.97 Å². The molecule has 0 aliphatic carbocycles. The molecule has 1 aliphatic heterocycles. The molecule has 25 heavy (non-hydrogen) atoms. The van der Waals surface area contributed by atoms with E-state index in [9.17, 15) is 5.26 Å². The van der Waals surface area contributed by atoms with Crippen molar-refractivity contribution < 1.29 is 0 Å². The molecule has 0 amide bonds. The molecule has 0 radical (unpaired) electrons. The second-order valence-electron chi connectivity index (χ2n) is 6.55. The van der Waals surface area contributed by atoms with Crippen molar-refractivity contribution >= 4 is 17.3 Å². The van der Waals surface area contributed by atoms with E-state index in [2.05, 4.69) is 32.3 Å². The fraction of sp³-hybridized carbons (Fsp3) is 0.421. The lowest BCUT2D eigenvalue weighted by Gasteiger charge is -2.23. The number of nitrogens with one attached hydrogen (secondary N) is 1. The first kappa shape index (κ1) is 17.0. The molecule has 1 N–H and O–H groups in total. The monoisotopic (exact) mass is 336 g/mol. The molecular weight excluding hydrogens is 312 g/mol. The molecule has 0 saturated carbocycles. The standard InChI is InChI=1S/C19H24N6/c1-24(2)18-8-7-17(14-22-18)23-16-6-4-11-25(12-9-16)19-15(13-20)5-3-10-21-19/h3,5,7-8,10,14,16,23H,4,6,9,11-12H2,1-2H3/t16-/m1/s1. The Bertz CT molecular complexity index is 734. The number of nitriles is 1. The zero-order chi connectivity index (χ0) is 17.6. The quantitative estimate of drug-likeness (QED) is 0.926. The van der Waals surface area contributed by atoms with Crippen molar-refractivity contribution in [2.75, 3.05) is 42.3 Å². The first-order chi connectivity index (χ1) is 12.2. The normalized spacial score (nSPS) is 17.5. The molecule has 1 fully saturated rings. The molecule has 3 heterocycles. The summed E-state index contributed by atoms with van der Waals surface area (Å²) in [6, 6.07) is 10.4. The SMILES string of the molecule is CN(C)c1ccc(N[C@@H]2CCCN(c3ncccc3C#N)CC2)cn1. The first-order valence-corrected chi connectivity index (χ1v) is 8.67. The summed E-state index contributed by atoms with van der Waals surface area (Å²) < 4.78 is 0. The third-order valence-corrected chi connectivity index (χ3v) is 4.51. The van der Waals surface area contributed by atoms with Crippen LogP contribution in [0.25, 0.3) is 0 Å². The van der Waals surface area contributed by atoms with E-state index in [4.69, 9.17) is 0 Å². The molecule has 1 atom stereocenters. The molecule has 1 saturated heterocycles. The number of rotatable bonds is 4. The van der Waals surface area contributed by atoms with Crippen LogP contribution in [0.5, 0.6) is 0 Å². The van der Waals surface area contributed by atoms with Gasteiger partial charge in [-0.05, 0) is 43.5 Å². The smallest absolute Gasteiger partial charge is 0.146 e. The Morgan fingerprint density at radius 3 is 2.80 bits per heavy atom. The van der Waals surface area contributed by atoms with E-state index in [1.165, 1.54) is 0 Å². The topological polar surface area (TPSA) is 68.1 Å². The van der Waals surface area contributed by atoms with E-state index in [1.807, 2.05) is 43.4 Å². The fourth-order valence-corrected chi connectivity index (χ4v) is 3.16. The average molecular weight is 336 g/mol. The maximum Gasteiger partial charge on any atom is 0.146 e. The van der Waals surface area contributed by atoms with Crippen molar-refractivity contribution in [1.82, 2.24) is 9.97 Å². The molecule has 130 valence electrons. The van der Waals surface area contributed by atoms with Crippen molar-refractivity contribution in [2.45, 2.75) is 25.3 Å². The molecule has 1 aliphatic rings. The number of pyridine rings is 2. The summed E-state index contributed by atoms with van der Waals surface area (Å²) in [7, 11) is 3.98. The lowest BCUT2D eigenvalue weighted by atomic mass is 10.1. The summed E-state index contributed by atoms with van der Waals surface area (Å²) in [5, 5.41) is 12.9. The van der Waals surface area contributed by atoms with E-state index in [0.717, 1.165) is 49.7 Å². The van der Waals surface area contributed by atoms with Crippen LogP contribution in [-0.4, -0.2) is 43.2 Å². The second-order valence-corrected chi connectivity index (χ2v) is 6.55. The fourth-order valence-electron chi connectivity index (χ4n) is 3.16. The van der Waals surface area contributed by atoms with Gasteiger partial charge < -0.3 is 15.1 Å². The first-order valence-electron chi connectivity index (χ1n) is 8.67. The van der Waals surface area contributed by atoms with Gasteiger partial charge in [0, 0.05) is 39.4 Å². The molecule has 0 spiro atoms. The van der Waals surface area contributed by atoms with Crippen molar-refractivity contribution in [3.05, 3.63) is 42.2 Å². The van der Waals surface area contributed by atoms with Crippen molar-refractivity contribution in [3.63, 3.8) is 0 Å². The summed E-state index contributed by atoms with van der Waals surface area (Å²) in [6.07, 6.45) is 6.83. The van der Waals surface area contributed by atoms with Crippen LogP contribution < -0.4 is 15.1 Å². The summed E-state index contributed by atoms with van der Waals surface area (Å²) >= 11 is 0. The Labute approximate surface area is 149 Å². The van der Waals surface area contributed by atoms with Crippen LogP contribution in [0.3, 0.4) is 0 Å². The van der Waals surface area contributed by atoms with Gasteiger partial charge in [-0.3, -0.25) is 0 Å². The Morgan fingerprint density at radius 1 is 1.20 bits per heavy atom. The summed E-state index contributed by atoms with van der Waals surface area (Å²) in [4.78, 5) is 13.1. The van der Waals surface area contributed by atoms with Gasteiger partial charge in [-0.2, -0.15) is 5.26 Å². The zero-order valence-electron chi connectivity index (χ0n) is 14.8. The highest BCUT2D eigenvalue weighted by Crippen LogP contribution is 2.23. The predicted octanol–water partition coefficient (Wildman–Crippen LogP) is 2.89. The number of anilines is 3. The summed E-state index contributed by atoms with van der Waals surface area (Å²) in [5.74, 6) is 1.76. The summed E-state index contributed by atoms with van der Waals surface area (Å²) in [6.45, 7) is 1.83. The van der Waals surface area contributed by atoms with Crippen LogP contribution in [-0.2, 0) is 0 Å². The van der Waals surface area contributed by atoms with Gasteiger partial charge in [0.25, 0.3) is 0 Å². The Hall–Kier alpha value is -2.81. The zero-order valence-corrected chi connectivity index (χ0v) is 14.8. The predicted molar refractivity (Wildman–Crippen MR) is 101 cm³/mol. The number of aromatic nitrogens is 2. The molecule has 6 nitrogen and oxygen atoms in total. The van der Waals surface area contributed by atoms with Crippen molar-refractivity contribution in [1.29, 1.82) is 5.26 Å². The minimum absolute atomic E-state index is 0.409. The van der Waals surface area contributed by atoms with Crippen LogP contribution >= 0.6 is 0 Å². The van der Waals surface area contributed by atoms with Crippen molar-refractivity contribution in [2.24, 2.45) is 0 Å². The van der Waals surface area contributed by atoms with Crippen LogP contribution in [0.15, 0.2) is 36.7 Å². The van der Waals surface area contributed by atoms with Gasteiger partial charge in [-0.1, -0.05) is 0 Å². The van der Waals surface area contributed by atoms with E-state index in [-0.39, 0.29) is 0 Å². The maximum atomic E-state index is 9.29. The lowest BCUT2D eigenvalue weighted by Crippen LogP contribution is -2.27. The van der Waals surface area contributed by atoms with Gasteiger partial charge >= 0.3 is 0 Å². The van der Waals surface area contributed by atoms with E-state index in [0.29, 0.717) is 11.6 Å². The Kier molecular flexibility index (Phi) is 5.34. The van der Waals surface area contributed by atoms with Crippen LogP contribution in [0.4, 0.5) is 17.3 Å². The molecule has 2 aromatic rings. The van der Waals surface area contributed by atoms with E-state index >= 15 is 0 Å². The Morgan fingerprint density at radius 2 is 2.08 bits per heavy atom. The largest absolute Gasteiger partial charge is 0.381 e. The average Bonchev–Trinajstić information content (AvgIpc) is 2.87. The van der Waals surface area contributed by atoms with E-state index < -0.39 is 0 Å². The van der Waals surface area contributed by atoms with Crippen LogP contribution in [0, 0.1) is 11.3 Å². The number of hydrogen-bond donors (Lipinski definition) is 1. The van der Waals surface area contributed by atoms with Gasteiger partial charge in [0.15, 0.2) is 0 Å². The third-order valence-electron chi connectivity index (χ3n) is 4.51. The van der Waals surface area contributed by atoms with Gasteiger partial charge in [0.2, 0.25) is 0 Å². The molecule has 6 heteroatoms. The minimum atomic E-state index is 0.409. The molecule has 2 aromatic heterocycles. The second kappa shape index (κ2) is 7.84.